The maximum absolute atomic E-state index is 6.07. The highest BCUT2D eigenvalue weighted by Gasteiger charge is 2.09. The first-order valence-electron chi connectivity index (χ1n) is 4.66. The lowest BCUT2D eigenvalue weighted by Gasteiger charge is -1.98. The molecule has 0 spiro atoms. The fourth-order valence-corrected chi connectivity index (χ4v) is 2.00. The lowest BCUT2D eigenvalue weighted by molar-refractivity contribution is 1.17. The summed E-state index contributed by atoms with van der Waals surface area (Å²) in [6.45, 7) is 1.91. The fourth-order valence-electron chi connectivity index (χ4n) is 1.77. The quantitative estimate of drug-likeness (QED) is 0.588. The van der Waals surface area contributed by atoms with E-state index in [0.717, 1.165) is 27.8 Å². The van der Waals surface area contributed by atoms with E-state index in [9.17, 15) is 0 Å². The van der Waals surface area contributed by atoms with Gasteiger partial charge in [0.15, 0.2) is 5.15 Å². The van der Waals surface area contributed by atoms with Crippen molar-refractivity contribution in [3.63, 3.8) is 0 Å². The molecule has 1 N–H and O–H groups in total. The molecule has 0 aliphatic carbocycles. The SMILES string of the molecule is Cc1nc2c([nH]1)c(Cl)nc1ccccc12. The number of aromatic amines is 1. The van der Waals surface area contributed by atoms with Crippen molar-refractivity contribution in [2.45, 2.75) is 6.92 Å². The van der Waals surface area contributed by atoms with Crippen LogP contribution in [0.2, 0.25) is 5.15 Å². The third-order valence-corrected chi connectivity index (χ3v) is 2.68. The molecule has 0 amide bonds. The van der Waals surface area contributed by atoms with E-state index < -0.39 is 0 Å². The molecule has 15 heavy (non-hydrogen) atoms. The van der Waals surface area contributed by atoms with E-state index in [2.05, 4.69) is 15.0 Å². The molecule has 0 fully saturated rings. The molecule has 0 atom stereocenters. The second-order valence-electron chi connectivity index (χ2n) is 3.47. The minimum atomic E-state index is 0.476. The molecule has 74 valence electrons. The molecule has 0 saturated carbocycles. The second kappa shape index (κ2) is 2.94. The summed E-state index contributed by atoms with van der Waals surface area (Å²) in [6.07, 6.45) is 0. The van der Waals surface area contributed by atoms with Crippen molar-refractivity contribution in [2.75, 3.05) is 0 Å². The van der Waals surface area contributed by atoms with Crippen LogP contribution in [0.4, 0.5) is 0 Å². The molecule has 2 heterocycles. The summed E-state index contributed by atoms with van der Waals surface area (Å²) in [6, 6.07) is 7.85. The molecule has 0 aliphatic heterocycles. The van der Waals surface area contributed by atoms with Crippen LogP contribution < -0.4 is 0 Å². The number of para-hydroxylation sites is 1. The number of fused-ring (bicyclic) bond motifs is 3. The summed E-state index contributed by atoms with van der Waals surface area (Å²) in [7, 11) is 0. The third kappa shape index (κ3) is 1.20. The number of aryl methyl sites for hydroxylation is 1. The minimum absolute atomic E-state index is 0.476. The summed E-state index contributed by atoms with van der Waals surface area (Å²) in [5.41, 5.74) is 2.58. The highest BCUT2D eigenvalue weighted by molar-refractivity contribution is 6.35. The number of imidazole rings is 1. The summed E-state index contributed by atoms with van der Waals surface area (Å²) >= 11 is 6.07. The smallest absolute Gasteiger partial charge is 0.155 e. The van der Waals surface area contributed by atoms with Crippen LogP contribution in [0.3, 0.4) is 0 Å². The largest absolute Gasteiger partial charge is 0.340 e. The molecule has 4 heteroatoms. The molecule has 1 aromatic carbocycles. The fraction of sp³-hybridized carbons (Fsp3) is 0.0909. The van der Waals surface area contributed by atoms with Gasteiger partial charge < -0.3 is 4.98 Å². The Kier molecular flexibility index (Phi) is 1.70. The molecular weight excluding hydrogens is 210 g/mol. The number of hydrogen-bond donors (Lipinski definition) is 1. The summed E-state index contributed by atoms with van der Waals surface area (Å²) in [4.78, 5) is 11.8. The van der Waals surface area contributed by atoms with Crippen LogP contribution in [0.5, 0.6) is 0 Å². The first-order chi connectivity index (χ1) is 7.25. The Morgan fingerprint density at radius 3 is 2.87 bits per heavy atom. The third-order valence-electron chi connectivity index (χ3n) is 2.41. The van der Waals surface area contributed by atoms with Crippen LogP contribution in [0, 0.1) is 6.92 Å². The van der Waals surface area contributed by atoms with Crippen molar-refractivity contribution in [3.05, 3.63) is 35.2 Å². The summed E-state index contributed by atoms with van der Waals surface area (Å²) in [5.74, 6) is 0.852. The number of hydrogen-bond acceptors (Lipinski definition) is 2. The number of benzene rings is 1. The maximum Gasteiger partial charge on any atom is 0.155 e. The molecule has 2 aromatic heterocycles. The molecule has 3 aromatic rings. The molecule has 0 radical (unpaired) electrons. The first kappa shape index (κ1) is 8.68. The predicted molar refractivity (Wildman–Crippen MR) is 61.1 cm³/mol. The van der Waals surface area contributed by atoms with E-state index in [4.69, 9.17) is 11.6 Å². The number of nitrogens with zero attached hydrogens (tertiary/aromatic N) is 2. The van der Waals surface area contributed by atoms with Gasteiger partial charge in [-0.25, -0.2) is 9.97 Å². The van der Waals surface area contributed by atoms with Crippen molar-refractivity contribution in [1.82, 2.24) is 15.0 Å². The molecule has 3 rings (SSSR count). The Morgan fingerprint density at radius 1 is 1.20 bits per heavy atom. The average Bonchev–Trinajstić information content (AvgIpc) is 2.61. The number of rotatable bonds is 0. The van der Waals surface area contributed by atoms with Gasteiger partial charge >= 0.3 is 0 Å². The highest BCUT2D eigenvalue weighted by Crippen LogP contribution is 2.26. The van der Waals surface area contributed by atoms with Crippen molar-refractivity contribution < 1.29 is 0 Å². The van der Waals surface area contributed by atoms with E-state index in [0.29, 0.717) is 5.15 Å². The highest BCUT2D eigenvalue weighted by atomic mass is 35.5. The molecular formula is C11H8ClN3. The van der Waals surface area contributed by atoms with Gasteiger partial charge in [0.05, 0.1) is 5.52 Å². The standard InChI is InChI=1S/C11H8ClN3/c1-6-13-9-7-4-2-3-5-8(7)15-11(12)10(9)14-6/h2-5H,1H3,(H,13,14). The monoisotopic (exact) mass is 217 g/mol. The molecule has 3 nitrogen and oxygen atoms in total. The Balaban J connectivity index is 2.63. The van der Waals surface area contributed by atoms with E-state index in [1.54, 1.807) is 0 Å². The van der Waals surface area contributed by atoms with E-state index in [1.807, 2.05) is 31.2 Å². The predicted octanol–water partition coefficient (Wildman–Crippen LogP) is 3.07. The number of pyridine rings is 1. The number of halogens is 1. The van der Waals surface area contributed by atoms with Gasteiger partial charge in [-0.15, -0.1) is 0 Å². The molecule has 0 saturated heterocycles. The van der Waals surface area contributed by atoms with Crippen LogP contribution in [0.25, 0.3) is 21.9 Å². The topological polar surface area (TPSA) is 41.6 Å². The van der Waals surface area contributed by atoms with Crippen LogP contribution in [0.15, 0.2) is 24.3 Å². The second-order valence-corrected chi connectivity index (χ2v) is 3.82. The first-order valence-corrected chi connectivity index (χ1v) is 5.04. The van der Waals surface area contributed by atoms with E-state index in [1.165, 1.54) is 0 Å². The van der Waals surface area contributed by atoms with Gasteiger partial charge in [-0.1, -0.05) is 29.8 Å². The van der Waals surface area contributed by atoms with Gasteiger partial charge in [0.2, 0.25) is 0 Å². The van der Waals surface area contributed by atoms with Crippen LogP contribution in [-0.4, -0.2) is 15.0 Å². The summed E-state index contributed by atoms with van der Waals surface area (Å²) < 4.78 is 0. The Labute approximate surface area is 91.1 Å². The van der Waals surface area contributed by atoms with Crippen molar-refractivity contribution in [2.24, 2.45) is 0 Å². The van der Waals surface area contributed by atoms with Gasteiger partial charge in [0.25, 0.3) is 0 Å². The molecule has 0 aliphatic rings. The van der Waals surface area contributed by atoms with Crippen molar-refractivity contribution >= 4 is 33.5 Å². The minimum Gasteiger partial charge on any atom is -0.340 e. The van der Waals surface area contributed by atoms with E-state index in [-0.39, 0.29) is 0 Å². The van der Waals surface area contributed by atoms with E-state index >= 15 is 0 Å². The molecule has 0 unspecified atom stereocenters. The average molecular weight is 218 g/mol. The van der Waals surface area contributed by atoms with Crippen LogP contribution in [0.1, 0.15) is 5.82 Å². The van der Waals surface area contributed by atoms with Gasteiger partial charge in [0.1, 0.15) is 16.9 Å². The van der Waals surface area contributed by atoms with Gasteiger partial charge in [-0.3, -0.25) is 0 Å². The molecule has 0 bridgehead atoms. The number of nitrogens with one attached hydrogen (secondary N) is 1. The zero-order valence-electron chi connectivity index (χ0n) is 8.08. The van der Waals surface area contributed by atoms with Crippen molar-refractivity contribution in [3.8, 4) is 0 Å². The van der Waals surface area contributed by atoms with Gasteiger partial charge in [0, 0.05) is 5.39 Å². The number of aromatic nitrogens is 3. The van der Waals surface area contributed by atoms with Crippen LogP contribution in [-0.2, 0) is 0 Å². The summed E-state index contributed by atoms with van der Waals surface area (Å²) in [5, 5.41) is 1.51. The van der Waals surface area contributed by atoms with Crippen molar-refractivity contribution in [1.29, 1.82) is 0 Å². The Morgan fingerprint density at radius 2 is 2.00 bits per heavy atom. The van der Waals surface area contributed by atoms with Crippen LogP contribution >= 0.6 is 11.6 Å². The zero-order valence-corrected chi connectivity index (χ0v) is 8.84. The Hall–Kier alpha value is -1.61. The number of H-pyrrole nitrogens is 1. The maximum atomic E-state index is 6.07. The lowest BCUT2D eigenvalue weighted by Crippen LogP contribution is -1.82. The Bertz CT molecular complexity index is 657. The van der Waals surface area contributed by atoms with Gasteiger partial charge in [-0.2, -0.15) is 0 Å². The zero-order chi connectivity index (χ0) is 10.4. The normalized spacial score (nSPS) is 11.3. The lowest BCUT2D eigenvalue weighted by atomic mass is 10.2. The van der Waals surface area contributed by atoms with Gasteiger partial charge in [-0.05, 0) is 13.0 Å².